The molecule has 0 bridgehead atoms. The van der Waals surface area contributed by atoms with Gasteiger partial charge in [0.05, 0.1) is 12.1 Å². The summed E-state index contributed by atoms with van der Waals surface area (Å²) in [5.41, 5.74) is 2.33. The fourth-order valence-corrected chi connectivity index (χ4v) is 2.32. The quantitative estimate of drug-likeness (QED) is 0.585. The van der Waals surface area contributed by atoms with Gasteiger partial charge in [-0.3, -0.25) is 4.79 Å². The highest BCUT2D eigenvalue weighted by atomic mass is 16.2. The summed E-state index contributed by atoms with van der Waals surface area (Å²) in [5, 5.41) is 0. The van der Waals surface area contributed by atoms with Gasteiger partial charge in [0.2, 0.25) is 5.91 Å². The van der Waals surface area contributed by atoms with Gasteiger partial charge in [-0.05, 0) is 27.7 Å². The van der Waals surface area contributed by atoms with Gasteiger partial charge in [-0.1, -0.05) is 5.57 Å². The van der Waals surface area contributed by atoms with E-state index in [4.69, 9.17) is 0 Å². The van der Waals surface area contributed by atoms with Crippen LogP contribution in [0.25, 0.3) is 0 Å². The number of hydrogen-bond donors (Lipinski definition) is 0. The summed E-state index contributed by atoms with van der Waals surface area (Å²) in [6.45, 7) is 8.85. The van der Waals surface area contributed by atoms with Gasteiger partial charge >= 0.3 is 0 Å². The second-order valence-corrected chi connectivity index (χ2v) is 4.72. The minimum Gasteiger partial charge on any atom is -0.367 e. The van der Waals surface area contributed by atoms with Gasteiger partial charge in [-0.15, -0.1) is 0 Å². The van der Waals surface area contributed by atoms with E-state index in [1.54, 1.807) is 0 Å². The Labute approximate surface area is 86.4 Å². The lowest BCUT2D eigenvalue weighted by Gasteiger charge is -2.47. The first-order valence-corrected chi connectivity index (χ1v) is 4.94. The zero-order valence-corrected chi connectivity index (χ0v) is 10.0. The number of allylic oxidation sites excluding steroid dienone is 1. The average molecular weight is 196 g/mol. The van der Waals surface area contributed by atoms with E-state index in [1.165, 1.54) is 11.3 Å². The van der Waals surface area contributed by atoms with Gasteiger partial charge in [-0.25, -0.2) is 0 Å². The number of rotatable bonds is 0. The number of likely N-dealkylation sites (N-methyl/N-ethyl adjacent to an activating group) is 2. The van der Waals surface area contributed by atoms with Crippen molar-refractivity contribution < 1.29 is 4.79 Å². The molecule has 0 aromatic carbocycles. The van der Waals surface area contributed by atoms with Crippen LogP contribution < -0.4 is 0 Å². The van der Waals surface area contributed by atoms with Crippen molar-refractivity contribution in [2.24, 2.45) is 0 Å². The molecule has 0 aliphatic carbocycles. The molecular weight excluding hydrogens is 176 g/mol. The van der Waals surface area contributed by atoms with Crippen molar-refractivity contribution >= 4 is 5.91 Å². The molecule has 1 saturated heterocycles. The number of nitrogens with zero attached hydrogens (tertiary/aromatic N) is 2. The molecule has 0 unspecified atom stereocenters. The third-order valence-corrected chi connectivity index (χ3v) is 3.02. The molecule has 3 nitrogen and oxygen atoms in total. The number of hydrogen-bond acceptors (Lipinski definition) is 2. The monoisotopic (exact) mass is 196 g/mol. The number of carbonyl (C=O) groups excluding carboxylic acids is 1. The molecule has 1 fully saturated rings. The largest absolute Gasteiger partial charge is 0.367 e. The fraction of sp³-hybridized carbons (Fsp3) is 0.727. The Morgan fingerprint density at radius 2 is 1.79 bits per heavy atom. The van der Waals surface area contributed by atoms with E-state index in [0.717, 1.165) is 0 Å². The predicted octanol–water partition coefficient (Wildman–Crippen LogP) is 1.46. The van der Waals surface area contributed by atoms with Crippen LogP contribution in [-0.2, 0) is 4.79 Å². The molecule has 0 N–H and O–H groups in total. The topological polar surface area (TPSA) is 23.6 Å². The Morgan fingerprint density at radius 3 is 2.21 bits per heavy atom. The van der Waals surface area contributed by atoms with E-state index >= 15 is 0 Å². The fourth-order valence-electron chi connectivity index (χ4n) is 2.32. The highest BCUT2D eigenvalue weighted by Gasteiger charge is 2.39. The zero-order valence-electron chi connectivity index (χ0n) is 10.0. The van der Waals surface area contributed by atoms with E-state index in [1.807, 2.05) is 19.0 Å². The normalized spacial score (nSPS) is 21.6. The molecule has 0 spiro atoms. The third-order valence-electron chi connectivity index (χ3n) is 3.02. The van der Waals surface area contributed by atoms with E-state index < -0.39 is 0 Å². The summed E-state index contributed by atoms with van der Waals surface area (Å²) >= 11 is 0. The SMILES string of the molecule is CC(C)=C1N(C)CC(=O)N(C)C1(C)C. The maximum absolute atomic E-state index is 11.6. The molecule has 0 aromatic heterocycles. The maximum atomic E-state index is 11.6. The summed E-state index contributed by atoms with van der Waals surface area (Å²) in [4.78, 5) is 15.5. The molecule has 0 aromatic rings. The Bertz CT molecular complexity index is 288. The van der Waals surface area contributed by atoms with Crippen LogP contribution >= 0.6 is 0 Å². The van der Waals surface area contributed by atoms with Crippen LogP contribution in [0.3, 0.4) is 0 Å². The summed E-state index contributed by atoms with van der Waals surface area (Å²) in [6, 6.07) is 0. The molecule has 1 aliphatic heterocycles. The van der Waals surface area contributed by atoms with Crippen molar-refractivity contribution in [1.82, 2.24) is 9.80 Å². The molecule has 14 heavy (non-hydrogen) atoms. The lowest BCUT2D eigenvalue weighted by Crippen LogP contribution is -2.58. The summed E-state index contributed by atoms with van der Waals surface area (Å²) in [5.74, 6) is 0.183. The molecule has 80 valence electrons. The smallest absolute Gasteiger partial charge is 0.242 e. The van der Waals surface area contributed by atoms with Gasteiger partial charge in [0.1, 0.15) is 0 Å². The lowest BCUT2D eigenvalue weighted by atomic mass is 9.91. The van der Waals surface area contributed by atoms with Crippen molar-refractivity contribution in [3.05, 3.63) is 11.3 Å². The summed E-state index contributed by atoms with van der Waals surface area (Å²) < 4.78 is 0. The van der Waals surface area contributed by atoms with Crippen molar-refractivity contribution in [2.75, 3.05) is 20.6 Å². The summed E-state index contributed by atoms with van der Waals surface area (Å²) in [7, 11) is 3.85. The molecule has 1 heterocycles. The Morgan fingerprint density at radius 1 is 1.29 bits per heavy atom. The molecule has 1 rings (SSSR count). The maximum Gasteiger partial charge on any atom is 0.242 e. The molecule has 0 saturated carbocycles. The third kappa shape index (κ3) is 1.51. The van der Waals surface area contributed by atoms with Crippen LogP contribution in [0.15, 0.2) is 11.3 Å². The lowest BCUT2D eigenvalue weighted by molar-refractivity contribution is -0.138. The van der Waals surface area contributed by atoms with Crippen molar-refractivity contribution in [1.29, 1.82) is 0 Å². The highest BCUT2D eigenvalue weighted by Crippen LogP contribution is 2.31. The van der Waals surface area contributed by atoms with Crippen LogP contribution in [0.2, 0.25) is 0 Å². The van der Waals surface area contributed by atoms with Crippen molar-refractivity contribution in [3.63, 3.8) is 0 Å². The molecule has 3 heteroatoms. The Hall–Kier alpha value is -0.990. The molecule has 1 aliphatic rings. The minimum atomic E-state index is -0.192. The van der Waals surface area contributed by atoms with Gasteiger partial charge in [0, 0.05) is 19.8 Å². The Kier molecular flexibility index (Phi) is 2.61. The summed E-state index contributed by atoms with van der Waals surface area (Å²) in [6.07, 6.45) is 0. The second-order valence-electron chi connectivity index (χ2n) is 4.72. The standard InChI is InChI=1S/C11H20N2O/c1-8(2)10-11(3,4)13(6)9(14)7-12(10)5/h7H2,1-6H3. The Balaban J connectivity index is 3.19. The van der Waals surface area contributed by atoms with Crippen LogP contribution in [0, 0.1) is 0 Å². The number of piperazine rings is 1. The molecule has 0 atom stereocenters. The van der Waals surface area contributed by atoms with Gasteiger partial charge < -0.3 is 9.80 Å². The predicted molar refractivity (Wildman–Crippen MR) is 57.9 cm³/mol. The van der Waals surface area contributed by atoms with Gasteiger partial charge in [0.25, 0.3) is 0 Å². The van der Waals surface area contributed by atoms with E-state index in [-0.39, 0.29) is 11.4 Å². The van der Waals surface area contributed by atoms with Crippen LogP contribution in [0.5, 0.6) is 0 Å². The first kappa shape index (κ1) is 11.1. The van der Waals surface area contributed by atoms with Crippen molar-refractivity contribution in [2.45, 2.75) is 33.2 Å². The zero-order chi connectivity index (χ0) is 11.1. The second kappa shape index (κ2) is 3.30. The highest BCUT2D eigenvalue weighted by molar-refractivity contribution is 5.81. The van der Waals surface area contributed by atoms with E-state index in [0.29, 0.717) is 6.54 Å². The first-order chi connectivity index (χ1) is 6.28. The molecular formula is C11H20N2O. The minimum absolute atomic E-state index is 0.183. The van der Waals surface area contributed by atoms with Crippen LogP contribution in [-0.4, -0.2) is 41.9 Å². The van der Waals surface area contributed by atoms with E-state index in [9.17, 15) is 4.79 Å². The number of carbonyl (C=O) groups is 1. The molecule has 1 amide bonds. The van der Waals surface area contributed by atoms with E-state index in [2.05, 4.69) is 32.6 Å². The molecule has 0 radical (unpaired) electrons. The van der Waals surface area contributed by atoms with Gasteiger partial charge in [0.15, 0.2) is 0 Å². The van der Waals surface area contributed by atoms with Crippen LogP contribution in [0.4, 0.5) is 0 Å². The van der Waals surface area contributed by atoms with Crippen molar-refractivity contribution in [3.8, 4) is 0 Å². The van der Waals surface area contributed by atoms with Crippen LogP contribution in [0.1, 0.15) is 27.7 Å². The first-order valence-electron chi connectivity index (χ1n) is 4.94. The number of amides is 1. The average Bonchev–Trinajstić information content (AvgIpc) is 1.98. The van der Waals surface area contributed by atoms with Gasteiger partial charge in [-0.2, -0.15) is 0 Å².